The molecule has 0 radical (unpaired) electrons. The summed E-state index contributed by atoms with van der Waals surface area (Å²) in [5, 5.41) is 9.84. The molecule has 2 fully saturated rings. The number of carboxylic acid groups (broad SMARTS) is 1. The zero-order valence-electron chi connectivity index (χ0n) is 12.9. The monoisotopic (exact) mass is 288 g/mol. The summed E-state index contributed by atoms with van der Waals surface area (Å²) >= 11 is 0. The second-order valence-corrected chi connectivity index (χ2v) is 6.99. The van der Waals surface area contributed by atoms with Gasteiger partial charge in [0.1, 0.15) is 5.75 Å². The number of hydrogen-bond donors (Lipinski definition) is 1. The van der Waals surface area contributed by atoms with E-state index >= 15 is 0 Å². The first kappa shape index (κ1) is 14.4. The van der Waals surface area contributed by atoms with Crippen LogP contribution in [0, 0.1) is 12.3 Å². The first-order valence-corrected chi connectivity index (χ1v) is 7.90. The number of benzene rings is 1. The van der Waals surface area contributed by atoms with Crippen LogP contribution in [0.15, 0.2) is 18.2 Å². The number of ether oxygens (including phenoxy) is 1. The van der Waals surface area contributed by atoms with Crippen LogP contribution in [0.3, 0.4) is 0 Å². The van der Waals surface area contributed by atoms with Gasteiger partial charge in [-0.3, -0.25) is 4.79 Å². The Morgan fingerprint density at radius 1 is 1.19 bits per heavy atom. The topological polar surface area (TPSA) is 46.5 Å². The lowest BCUT2D eigenvalue weighted by Gasteiger charge is -2.56. The molecular formula is C18H24O3. The maximum absolute atomic E-state index is 12.0. The lowest BCUT2D eigenvalue weighted by atomic mass is 9.46. The third kappa shape index (κ3) is 2.23. The first-order chi connectivity index (χ1) is 10.0. The minimum atomic E-state index is -0.696. The van der Waals surface area contributed by atoms with Crippen molar-refractivity contribution in [2.24, 2.45) is 5.41 Å². The third-order valence-corrected chi connectivity index (χ3v) is 5.64. The number of aryl methyl sites for hydroxylation is 1. The molecular weight excluding hydrogens is 264 g/mol. The van der Waals surface area contributed by atoms with Gasteiger partial charge in [-0.1, -0.05) is 31.4 Å². The van der Waals surface area contributed by atoms with Gasteiger partial charge in [-0.25, -0.2) is 0 Å². The molecule has 114 valence electrons. The predicted molar refractivity (Wildman–Crippen MR) is 81.8 cm³/mol. The van der Waals surface area contributed by atoms with Crippen molar-refractivity contribution in [3.05, 3.63) is 29.3 Å². The van der Waals surface area contributed by atoms with Crippen LogP contribution in [0.4, 0.5) is 0 Å². The molecule has 1 N–H and O–H groups in total. The van der Waals surface area contributed by atoms with E-state index in [9.17, 15) is 9.90 Å². The van der Waals surface area contributed by atoms with Gasteiger partial charge in [0.15, 0.2) is 0 Å². The Balaban J connectivity index is 1.91. The molecule has 2 aliphatic carbocycles. The Kier molecular flexibility index (Phi) is 3.46. The average Bonchev–Trinajstić information content (AvgIpc) is 2.45. The molecule has 3 rings (SSSR count). The average molecular weight is 288 g/mol. The van der Waals surface area contributed by atoms with Crippen LogP contribution in [0.2, 0.25) is 0 Å². The number of carboxylic acids is 1. The summed E-state index contributed by atoms with van der Waals surface area (Å²) in [6.07, 6.45) is 7.80. The van der Waals surface area contributed by atoms with Crippen molar-refractivity contribution in [2.75, 3.05) is 7.11 Å². The van der Waals surface area contributed by atoms with Gasteiger partial charge >= 0.3 is 5.97 Å². The Labute approximate surface area is 126 Å². The summed E-state index contributed by atoms with van der Waals surface area (Å²) in [5.74, 6) is 0.113. The van der Waals surface area contributed by atoms with Crippen LogP contribution in [0.1, 0.15) is 56.1 Å². The van der Waals surface area contributed by atoms with Gasteiger partial charge in [-0.15, -0.1) is 0 Å². The quantitative estimate of drug-likeness (QED) is 0.912. The molecule has 0 aliphatic heterocycles. The van der Waals surface area contributed by atoms with Crippen molar-refractivity contribution in [1.29, 1.82) is 0 Å². The van der Waals surface area contributed by atoms with Gasteiger partial charge < -0.3 is 9.84 Å². The molecule has 0 bridgehead atoms. The molecule has 1 spiro atoms. The number of rotatable bonds is 3. The van der Waals surface area contributed by atoms with Crippen molar-refractivity contribution in [1.82, 2.24) is 0 Å². The van der Waals surface area contributed by atoms with E-state index in [4.69, 9.17) is 4.74 Å². The zero-order valence-corrected chi connectivity index (χ0v) is 12.9. The molecule has 2 saturated carbocycles. The molecule has 0 atom stereocenters. The number of hydrogen-bond acceptors (Lipinski definition) is 2. The Morgan fingerprint density at radius 2 is 1.86 bits per heavy atom. The minimum Gasteiger partial charge on any atom is -0.496 e. The molecule has 21 heavy (non-hydrogen) atoms. The second-order valence-electron chi connectivity index (χ2n) is 6.99. The van der Waals surface area contributed by atoms with E-state index in [1.165, 1.54) is 32.1 Å². The molecule has 1 aromatic rings. The van der Waals surface area contributed by atoms with Crippen molar-refractivity contribution < 1.29 is 14.6 Å². The van der Waals surface area contributed by atoms with E-state index in [1.807, 2.05) is 25.1 Å². The number of methoxy groups -OCH3 is 1. The van der Waals surface area contributed by atoms with E-state index in [0.717, 1.165) is 29.7 Å². The van der Waals surface area contributed by atoms with Gasteiger partial charge in [0.05, 0.1) is 12.5 Å². The highest BCUT2D eigenvalue weighted by Crippen LogP contribution is 2.62. The number of aliphatic carboxylic acids is 1. The van der Waals surface area contributed by atoms with E-state index in [-0.39, 0.29) is 5.41 Å². The molecule has 0 unspecified atom stereocenters. The van der Waals surface area contributed by atoms with E-state index in [0.29, 0.717) is 0 Å². The zero-order chi connectivity index (χ0) is 15.1. The number of carbonyl (C=O) groups is 1. The molecule has 0 heterocycles. The van der Waals surface area contributed by atoms with Gasteiger partial charge in [0, 0.05) is 0 Å². The lowest BCUT2D eigenvalue weighted by molar-refractivity contribution is -0.156. The summed E-state index contributed by atoms with van der Waals surface area (Å²) < 4.78 is 5.37. The van der Waals surface area contributed by atoms with Crippen LogP contribution in [0.25, 0.3) is 0 Å². The van der Waals surface area contributed by atoms with Gasteiger partial charge in [0.25, 0.3) is 0 Å². The van der Waals surface area contributed by atoms with E-state index in [2.05, 4.69) is 0 Å². The predicted octanol–water partition coefficient (Wildman–Crippen LogP) is 4.07. The Hall–Kier alpha value is -1.51. The smallest absolute Gasteiger partial charge is 0.314 e. The molecule has 3 nitrogen and oxygen atoms in total. The summed E-state index contributed by atoms with van der Waals surface area (Å²) in [6.45, 7) is 1.99. The fourth-order valence-corrected chi connectivity index (χ4v) is 4.48. The van der Waals surface area contributed by atoms with E-state index < -0.39 is 11.4 Å². The lowest BCUT2D eigenvalue weighted by Crippen LogP contribution is -2.55. The maximum atomic E-state index is 12.0. The van der Waals surface area contributed by atoms with Crippen molar-refractivity contribution >= 4 is 5.97 Å². The van der Waals surface area contributed by atoms with E-state index in [1.54, 1.807) is 7.11 Å². The summed E-state index contributed by atoms with van der Waals surface area (Å²) in [6, 6.07) is 5.88. The molecule has 2 aliphatic rings. The standard InChI is InChI=1S/C18H24O3/c1-13-6-7-14(10-15(13)21-2)18(16(19)20)11-17(12-18)8-4-3-5-9-17/h6-7,10H,3-5,8-9,11-12H2,1-2H3,(H,19,20). The van der Waals surface area contributed by atoms with Gasteiger partial charge in [-0.2, -0.15) is 0 Å². The molecule has 0 amide bonds. The summed E-state index contributed by atoms with van der Waals surface area (Å²) in [7, 11) is 1.64. The van der Waals surface area contributed by atoms with Crippen LogP contribution in [-0.4, -0.2) is 18.2 Å². The van der Waals surface area contributed by atoms with Crippen molar-refractivity contribution in [2.45, 2.75) is 57.3 Å². The van der Waals surface area contributed by atoms with Gasteiger partial charge in [-0.05, 0) is 55.2 Å². The highest BCUT2D eigenvalue weighted by Gasteiger charge is 2.59. The highest BCUT2D eigenvalue weighted by molar-refractivity contribution is 5.83. The van der Waals surface area contributed by atoms with Gasteiger partial charge in [0.2, 0.25) is 0 Å². The SMILES string of the molecule is COc1cc(C2(C(=O)O)CC3(CCCCC3)C2)ccc1C. The summed E-state index contributed by atoms with van der Waals surface area (Å²) in [4.78, 5) is 12.0. The molecule has 0 aromatic heterocycles. The largest absolute Gasteiger partial charge is 0.496 e. The molecule has 3 heteroatoms. The van der Waals surface area contributed by atoms with Crippen molar-refractivity contribution in [3.63, 3.8) is 0 Å². The maximum Gasteiger partial charge on any atom is 0.314 e. The fraction of sp³-hybridized carbons (Fsp3) is 0.611. The molecule has 0 saturated heterocycles. The third-order valence-electron chi connectivity index (χ3n) is 5.64. The normalized spacial score (nSPS) is 22.6. The first-order valence-electron chi connectivity index (χ1n) is 7.90. The fourth-order valence-electron chi connectivity index (χ4n) is 4.48. The minimum absolute atomic E-state index is 0.286. The van der Waals surface area contributed by atoms with Crippen LogP contribution in [-0.2, 0) is 10.2 Å². The molecule has 1 aromatic carbocycles. The van der Waals surface area contributed by atoms with Crippen LogP contribution < -0.4 is 4.74 Å². The van der Waals surface area contributed by atoms with Crippen LogP contribution >= 0.6 is 0 Å². The second kappa shape index (κ2) is 5.04. The summed E-state index contributed by atoms with van der Waals surface area (Å²) in [5.41, 5.74) is 1.55. The Bertz CT molecular complexity index is 548. The van der Waals surface area contributed by atoms with Crippen molar-refractivity contribution in [3.8, 4) is 5.75 Å². The van der Waals surface area contributed by atoms with Crippen LogP contribution in [0.5, 0.6) is 5.75 Å². The Morgan fingerprint density at radius 3 is 2.43 bits per heavy atom. The highest BCUT2D eigenvalue weighted by atomic mass is 16.5.